The first-order valence-corrected chi connectivity index (χ1v) is 10.3. The molecule has 0 amide bonds. The maximum Gasteiger partial charge on any atom is 0.330 e. The molecule has 4 fully saturated rings. The zero-order valence-electron chi connectivity index (χ0n) is 16.5. The van der Waals surface area contributed by atoms with Gasteiger partial charge in [-0.2, -0.15) is 0 Å². The van der Waals surface area contributed by atoms with Gasteiger partial charge in [0.2, 0.25) is 0 Å². The van der Waals surface area contributed by atoms with Crippen molar-refractivity contribution in [2.45, 2.75) is 63.1 Å². The zero-order chi connectivity index (χ0) is 18.9. The first kappa shape index (κ1) is 18.7. The van der Waals surface area contributed by atoms with Crippen molar-refractivity contribution in [2.24, 2.45) is 11.8 Å². The van der Waals surface area contributed by atoms with Gasteiger partial charge in [0, 0.05) is 24.8 Å². The molecule has 4 nitrogen and oxygen atoms in total. The number of methoxy groups -OCH3 is 1. The summed E-state index contributed by atoms with van der Waals surface area (Å²) >= 11 is 0. The second kappa shape index (κ2) is 7.40. The second-order valence-corrected chi connectivity index (χ2v) is 8.81. The van der Waals surface area contributed by atoms with Crippen LogP contribution in [0.2, 0.25) is 0 Å². The predicted molar refractivity (Wildman–Crippen MR) is 106 cm³/mol. The van der Waals surface area contributed by atoms with E-state index < -0.39 is 0 Å². The van der Waals surface area contributed by atoms with Crippen LogP contribution in [0.5, 0.6) is 0 Å². The molecular weight excluding hydrogens is 338 g/mol. The molecule has 4 bridgehead atoms. The summed E-state index contributed by atoms with van der Waals surface area (Å²) in [5.41, 5.74) is 2.68. The molecule has 4 atom stereocenters. The van der Waals surface area contributed by atoms with Crippen LogP contribution in [0.25, 0.3) is 6.08 Å². The molecule has 0 spiro atoms. The van der Waals surface area contributed by atoms with Crippen molar-refractivity contribution in [3.63, 3.8) is 0 Å². The minimum Gasteiger partial charge on any atom is -0.466 e. The molecule has 4 heteroatoms. The molecule has 1 aromatic rings. The van der Waals surface area contributed by atoms with Crippen LogP contribution in [0.3, 0.4) is 0 Å². The first-order valence-electron chi connectivity index (χ1n) is 10.3. The third-order valence-electron chi connectivity index (χ3n) is 6.72. The van der Waals surface area contributed by atoms with Gasteiger partial charge in [0.15, 0.2) is 0 Å². The zero-order valence-corrected chi connectivity index (χ0v) is 16.5. The van der Waals surface area contributed by atoms with Crippen LogP contribution in [0, 0.1) is 11.8 Å². The van der Waals surface area contributed by atoms with Crippen molar-refractivity contribution < 1.29 is 14.3 Å². The van der Waals surface area contributed by atoms with Gasteiger partial charge in [-0.05, 0) is 74.5 Å². The fraction of sp³-hybridized carbons (Fsp3) is 0.609. The van der Waals surface area contributed by atoms with E-state index in [1.807, 2.05) is 0 Å². The average molecular weight is 370 g/mol. The number of hydrogen-bond donors (Lipinski definition) is 1. The molecule has 0 radical (unpaired) electrons. The summed E-state index contributed by atoms with van der Waals surface area (Å²) in [5, 5.41) is 3.93. The maximum absolute atomic E-state index is 11.2. The third kappa shape index (κ3) is 3.97. The van der Waals surface area contributed by atoms with Crippen LogP contribution in [0.4, 0.5) is 0 Å². The summed E-state index contributed by atoms with van der Waals surface area (Å²) < 4.78 is 10.9. The third-order valence-corrected chi connectivity index (χ3v) is 6.72. The summed E-state index contributed by atoms with van der Waals surface area (Å²) in [7, 11) is 1.39. The van der Waals surface area contributed by atoms with Gasteiger partial charge < -0.3 is 14.8 Å². The van der Waals surface area contributed by atoms with Gasteiger partial charge in [0.25, 0.3) is 0 Å². The number of carbonyl (C=O) groups is 1. The fourth-order valence-electron chi connectivity index (χ4n) is 6.13. The Bertz CT molecular complexity index is 695. The van der Waals surface area contributed by atoms with Crippen molar-refractivity contribution in [2.75, 3.05) is 13.7 Å². The number of rotatable bonds is 7. The van der Waals surface area contributed by atoms with E-state index in [2.05, 4.69) is 41.2 Å². The Balaban J connectivity index is 1.40. The molecule has 4 aliphatic carbocycles. The van der Waals surface area contributed by atoms with E-state index in [9.17, 15) is 4.79 Å². The quantitative estimate of drug-likeness (QED) is 0.581. The molecule has 0 aromatic heterocycles. The van der Waals surface area contributed by atoms with Crippen molar-refractivity contribution in [3.05, 3.63) is 41.5 Å². The van der Waals surface area contributed by atoms with Gasteiger partial charge >= 0.3 is 5.97 Å². The topological polar surface area (TPSA) is 47.6 Å². The van der Waals surface area contributed by atoms with Gasteiger partial charge in [0.1, 0.15) is 0 Å². The lowest BCUT2D eigenvalue weighted by Crippen LogP contribution is -2.65. The monoisotopic (exact) mass is 369 g/mol. The normalized spacial score (nSPS) is 34.3. The highest BCUT2D eigenvalue weighted by Gasteiger charge is 2.58. The Morgan fingerprint density at radius 2 is 1.89 bits per heavy atom. The number of ether oxygens (including phenoxy) is 2. The van der Waals surface area contributed by atoms with Crippen LogP contribution in [0.15, 0.2) is 30.3 Å². The summed E-state index contributed by atoms with van der Waals surface area (Å²) in [4.78, 5) is 11.2. The largest absolute Gasteiger partial charge is 0.466 e. The SMILES string of the molecule is CCOC12C[C@@H]3C[C@@H](CC(NCc4ccc(/C=C/C(=O)OC)cc4)(C3)C1)C2. The van der Waals surface area contributed by atoms with Crippen LogP contribution in [0.1, 0.15) is 56.6 Å². The minimum atomic E-state index is -0.328. The van der Waals surface area contributed by atoms with Gasteiger partial charge in [-0.3, -0.25) is 0 Å². The Morgan fingerprint density at radius 1 is 1.19 bits per heavy atom. The van der Waals surface area contributed by atoms with Gasteiger partial charge in [0.05, 0.1) is 12.7 Å². The Morgan fingerprint density at radius 3 is 2.52 bits per heavy atom. The Hall–Kier alpha value is -1.65. The number of carbonyl (C=O) groups excluding carboxylic acids is 1. The van der Waals surface area contributed by atoms with E-state index in [4.69, 9.17) is 4.74 Å². The summed E-state index contributed by atoms with van der Waals surface area (Å²) in [5.74, 6) is 1.33. The lowest BCUT2D eigenvalue weighted by Gasteiger charge is -2.62. The van der Waals surface area contributed by atoms with Crippen LogP contribution in [-0.2, 0) is 20.8 Å². The Kier molecular flexibility index (Phi) is 5.13. The molecule has 4 saturated carbocycles. The predicted octanol–water partition coefficient (Wildman–Crippen LogP) is 4.09. The molecule has 0 aliphatic heterocycles. The Labute approximate surface area is 162 Å². The molecular formula is C23H31NO3. The lowest BCUT2D eigenvalue weighted by molar-refractivity contribution is -0.173. The molecule has 27 heavy (non-hydrogen) atoms. The van der Waals surface area contributed by atoms with Crippen molar-refractivity contribution >= 4 is 12.0 Å². The highest BCUT2D eigenvalue weighted by Crippen LogP contribution is 2.58. The molecule has 1 aromatic carbocycles. The summed E-state index contributed by atoms with van der Waals surface area (Å²) in [6.45, 7) is 3.85. The van der Waals surface area contributed by atoms with Gasteiger partial charge in [-0.25, -0.2) is 4.79 Å². The standard InChI is InChI=1S/C23H31NO3/c1-3-27-23-13-19-10-20(14-23)12-22(11-19,16-23)24-15-18-6-4-17(5-7-18)8-9-21(25)26-2/h4-9,19-20,24H,3,10-16H2,1-2H3/b9-8+/t19-,20+,22?,23?. The lowest BCUT2D eigenvalue weighted by atomic mass is 9.51. The van der Waals surface area contributed by atoms with Crippen LogP contribution < -0.4 is 5.32 Å². The molecule has 4 aliphatic rings. The number of nitrogens with one attached hydrogen (secondary N) is 1. The molecule has 1 N–H and O–H groups in total. The van der Waals surface area contributed by atoms with E-state index in [1.165, 1.54) is 57.3 Å². The van der Waals surface area contributed by atoms with E-state index in [-0.39, 0.29) is 17.1 Å². The van der Waals surface area contributed by atoms with Crippen molar-refractivity contribution in [1.82, 2.24) is 5.32 Å². The van der Waals surface area contributed by atoms with E-state index in [0.29, 0.717) is 0 Å². The fourth-order valence-corrected chi connectivity index (χ4v) is 6.13. The maximum atomic E-state index is 11.2. The van der Waals surface area contributed by atoms with Crippen LogP contribution in [-0.4, -0.2) is 30.8 Å². The highest BCUT2D eigenvalue weighted by molar-refractivity contribution is 5.86. The van der Waals surface area contributed by atoms with Crippen LogP contribution >= 0.6 is 0 Å². The average Bonchev–Trinajstić information content (AvgIpc) is 2.64. The smallest absolute Gasteiger partial charge is 0.330 e. The first-order chi connectivity index (χ1) is 13.0. The number of esters is 1. The molecule has 5 rings (SSSR count). The van der Waals surface area contributed by atoms with Crippen molar-refractivity contribution in [3.8, 4) is 0 Å². The highest BCUT2D eigenvalue weighted by atomic mass is 16.5. The molecule has 0 heterocycles. The number of benzene rings is 1. The van der Waals surface area contributed by atoms with E-state index >= 15 is 0 Å². The minimum absolute atomic E-state index is 0.133. The van der Waals surface area contributed by atoms with Gasteiger partial charge in [-0.1, -0.05) is 24.3 Å². The molecule has 146 valence electrons. The van der Waals surface area contributed by atoms with Gasteiger partial charge in [-0.15, -0.1) is 0 Å². The second-order valence-electron chi connectivity index (χ2n) is 8.81. The summed E-state index contributed by atoms with van der Waals surface area (Å²) in [6.07, 6.45) is 10.9. The van der Waals surface area contributed by atoms with Crippen molar-refractivity contribution in [1.29, 1.82) is 0 Å². The van der Waals surface area contributed by atoms with E-state index in [1.54, 1.807) is 6.08 Å². The molecule has 0 saturated heterocycles. The molecule has 2 unspecified atom stereocenters. The van der Waals surface area contributed by atoms with E-state index in [0.717, 1.165) is 30.6 Å². The number of hydrogen-bond acceptors (Lipinski definition) is 4. The summed E-state index contributed by atoms with van der Waals surface area (Å²) in [6, 6.07) is 8.39.